The van der Waals surface area contributed by atoms with Crippen LogP contribution in [-0.2, 0) is 22.6 Å². The number of nitrogens with two attached hydrogens (primary N) is 1. The fraction of sp³-hybridized carbons (Fsp3) is 0.333. The highest BCUT2D eigenvalue weighted by atomic mass is 19.1. The number of nitrogens with one attached hydrogen (secondary N) is 1. The molecule has 6 heteroatoms. The van der Waals surface area contributed by atoms with E-state index < -0.39 is 5.91 Å². The van der Waals surface area contributed by atoms with Gasteiger partial charge in [-0.3, -0.25) is 14.5 Å². The second-order valence-electron chi connectivity index (χ2n) is 6.99. The number of para-hydroxylation sites is 1. The third-order valence-electron chi connectivity index (χ3n) is 4.81. The van der Waals surface area contributed by atoms with E-state index in [0.717, 1.165) is 24.9 Å². The number of hydrogen-bond acceptors (Lipinski definition) is 3. The average molecular weight is 369 g/mol. The highest BCUT2D eigenvalue weighted by molar-refractivity contribution is 5.94. The molecule has 0 saturated carbocycles. The van der Waals surface area contributed by atoms with Crippen LogP contribution >= 0.6 is 0 Å². The van der Waals surface area contributed by atoms with E-state index >= 15 is 0 Å². The minimum atomic E-state index is -0.435. The molecular weight excluding hydrogens is 345 g/mol. The molecule has 2 aromatic carbocycles. The number of rotatable bonds is 6. The van der Waals surface area contributed by atoms with Crippen LogP contribution in [0.2, 0.25) is 0 Å². The van der Waals surface area contributed by atoms with Gasteiger partial charge in [0.05, 0.1) is 12.3 Å². The van der Waals surface area contributed by atoms with Crippen molar-refractivity contribution in [1.82, 2.24) is 4.90 Å². The first-order chi connectivity index (χ1) is 13.0. The lowest BCUT2D eigenvalue weighted by molar-refractivity contribution is -0.121. The number of hydrogen-bond donors (Lipinski definition) is 2. The normalized spacial score (nSPS) is 17.4. The average Bonchev–Trinajstić information content (AvgIpc) is 2.63. The molecule has 0 aromatic heterocycles. The molecule has 2 aromatic rings. The predicted octanol–water partition coefficient (Wildman–Crippen LogP) is 2.70. The van der Waals surface area contributed by atoms with Gasteiger partial charge in [0, 0.05) is 18.8 Å². The second-order valence-corrected chi connectivity index (χ2v) is 6.99. The minimum absolute atomic E-state index is 0.0594. The van der Waals surface area contributed by atoms with E-state index in [1.165, 1.54) is 12.1 Å². The zero-order chi connectivity index (χ0) is 19.2. The number of carbonyl (C=O) groups is 2. The quantitative estimate of drug-likeness (QED) is 0.822. The summed E-state index contributed by atoms with van der Waals surface area (Å²) in [6, 6.07) is 13.8. The zero-order valence-corrected chi connectivity index (χ0v) is 15.2. The molecule has 3 rings (SSSR count). The van der Waals surface area contributed by atoms with Gasteiger partial charge in [0.25, 0.3) is 0 Å². The summed E-state index contributed by atoms with van der Waals surface area (Å²) < 4.78 is 13.4. The molecule has 0 radical (unpaired) electrons. The Morgan fingerprint density at radius 3 is 2.78 bits per heavy atom. The van der Waals surface area contributed by atoms with Crippen LogP contribution in [0.4, 0.5) is 10.1 Å². The molecular formula is C21H24FN3O2. The highest BCUT2D eigenvalue weighted by Crippen LogP contribution is 2.22. The number of likely N-dealkylation sites (tertiary alicyclic amines) is 1. The van der Waals surface area contributed by atoms with Gasteiger partial charge in [0.1, 0.15) is 5.82 Å². The molecule has 27 heavy (non-hydrogen) atoms. The topological polar surface area (TPSA) is 75.4 Å². The maximum absolute atomic E-state index is 13.4. The van der Waals surface area contributed by atoms with Crippen molar-refractivity contribution in [3.8, 4) is 0 Å². The summed E-state index contributed by atoms with van der Waals surface area (Å²) in [6.45, 7) is 2.14. The van der Waals surface area contributed by atoms with Crippen LogP contribution in [0.3, 0.4) is 0 Å². The van der Waals surface area contributed by atoms with Crippen molar-refractivity contribution in [3.63, 3.8) is 0 Å². The van der Waals surface area contributed by atoms with E-state index in [9.17, 15) is 14.0 Å². The number of benzene rings is 2. The first kappa shape index (κ1) is 19.0. The van der Waals surface area contributed by atoms with Crippen molar-refractivity contribution in [2.45, 2.75) is 25.8 Å². The monoisotopic (exact) mass is 369 g/mol. The lowest BCUT2D eigenvalue weighted by atomic mass is 9.96. The van der Waals surface area contributed by atoms with Crippen molar-refractivity contribution in [2.24, 2.45) is 11.7 Å². The van der Waals surface area contributed by atoms with Crippen LogP contribution in [-0.4, -0.2) is 29.8 Å². The Morgan fingerprint density at radius 1 is 1.19 bits per heavy atom. The van der Waals surface area contributed by atoms with E-state index in [-0.39, 0.29) is 24.1 Å². The van der Waals surface area contributed by atoms with E-state index in [2.05, 4.69) is 10.2 Å². The molecule has 1 fully saturated rings. The van der Waals surface area contributed by atoms with Crippen molar-refractivity contribution >= 4 is 17.5 Å². The van der Waals surface area contributed by atoms with Crippen LogP contribution < -0.4 is 11.1 Å². The summed E-state index contributed by atoms with van der Waals surface area (Å²) in [6.07, 6.45) is 1.81. The van der Waals surface area contributed by atoms with Gasteiger partial charge in [-0.2, -0.15) is 0 Å². The number of halogens is 1. The van der Waals surface area contributed by atoms with Crippen LogP contribution in [0.15, 0.2) is 48.5 Å². The Bertz CT molecular complexity index is 825. The Kier molecular flexibility index (Phi) is 6.19. The van der Waals surface area contributed by atoms with Crippen molar-refractivity contribution < 1.29 is 14.0 Å². The predicted molar refractivity (Wildman–Crippen MR) is 102 cm³/mol. The van der Waals surface area contributed by atoms with E-state index in [1.807, 2.05) is 18.2 Å². The Labute approximate surface area is 158 Å². The molecule has 5 nitrogen and oxygen atoms in total. The standard InChI is InChI=1S/C21H24FN3O2/c22-18-8-3-5-15(11-18)13-25-10-4-7-17(14-25)21(27)24-19-9-2-1-6-16(19)12-20(23)26/h1-3,5-6,8-9,11,17H,4,7,10,12-14H2,(H2,23,26)(H,24,27). The van der Waals surface area contributed by atoms with Gasteiger partial charge in [0.2, 0.25) is 11.8 Å². The van der Waals surface area contributed by atoms with E-state index in [1.54, 1.807) is 18.2 Å². The van der Waals surface area contributed by atoms with Crippen LogP contribution in [0, 0.1) is 11.7 Å². The fourth-order valence-electron chi connectivity index (χ4n) is 3.53. The van der Waals surface area contributed by atoms with Gasteiger partial charge in [0.15, 0.2) is 0 Å². The number of piperidine rings is 1. The summed E-state index contributed by atoms with van der Waals surface area (Å²) in [7, 11) is 0. The summed E-state index contributed by atoms with van der Waals surface area (Å²) >= 11 is 0. The molecule has 1 atom stereocenters. The molecule has 142 valence electrons. The molecule has 0 bridgehead atoms. The summed E-state index contributed by atoms with van der Waals surface area (Å²) in [5.41, 5.74) is 7.53. The van der Waals surface area contributed by atoms with E-state index in [4.69, 9.17) is 5.73 Å². The molecule has 1 unspecified atom stereocenters. The highest BCUT2D eigenvalue weighted by Gasteiger charge is 2.26. The molecule has 1 saturated heterocycles. The number of anilines is 1. The smallest absolute Gasteiger partial charge is 0.228 e. The maximum atomic E-state index is 13.4. The molecule has 0 aliphatic carbocycles. The number of primary amides is 1. The third-order valence-corrected chi connectivity index (χ3v) is 4.81. The van der Waals surface area contributed by atoms with Crippen molar-refractivity contribution in [3.05, 3.63) is 65.5 Å². The lowest BCUT2D eigenvalue weighted by Crippen LogP contribution is -2.40. The van der Waals surface area contributed by atoms with Gasteiger partial charge in [-0.15, -0.1) is 0 Å². The first-order valence-corrected chi connectivity index (χ1v) is 9.15. The largest absolute Gasteiger partial charge is 0.369 e. The molecule has 2 amide bonds. The number of carbonyl (C=O) groups excluding carboxylic acids is 2. The molecule has 1 aliphatic heterocycles. The third kappa shape index (κ3) is 5.37. The zero-order valence-electron chi connectivity index (χ0n) is 15.2. The molecule has 0 spiro atoms. The van der Waals surface area contributed by atoms with Crippen LogP contribution in [0.5, 0.6) is 0 Å². The SMILES string of the molecule is NC(=O)Cc1ccccc1NC(=O)C1CCCN(Cc2cccc(F)c2)C1. The lowest BCUT2D eigenvalue weighted by Gasteiger charge is -2.32. The van der Waals surface area contributed by atoms with E-state index in [0.29, 0.717) is 24.3 Å². The van der Waals surface area contributed by atoms with Gasteiger partial charge in [-0.05, 0) is 48.7 Å². The number of amides is 2. The van der Waals surface area contributed by atoms with Gasteiger partial charge in [-0.1, -0.05) is 30.3 Å². The maximum Gasteiger partial charge on any atom is 0.228 e. The summed E-state index contributed by atoms with van der Waals surface area (Å²) in [4.78, 5) is 26.1. The first-order valence-electron chi connectivity index (χ1n) is 9.15. The number of nitrogens with zero attached hydrogens (tertiary/aromatic N) is 1. The van der Waals surface area contributed by atoms with Crippen molar-refractivity contribution in [2.75, 3.05) is 18.4 Å². The minimum Gasteiger partial charge on any atom is -0.369 e. The Balaban J connectivity index is 1.62. The van der Waals surface area contributed by atoms with Crippen LogP contribution in [0.1, 0.15) is 24.0 Å². The van der Waals surface area contributed by atoms with Gasteiger partial charge >= 0.3 is 0 Å². The summed E-state index contributed by atoms with van der Waals surface area (Å²) in [5.74, 6) is -0.884. The molecule has 1 heterocycles. The van der Waals surface area contributed by atoms with Crippen molar-refractivity contribution in [1.29, 1.82) is 0 Å². The Hall–Kier alpha value is -2.73. The fourth-order valence-corrected chi connectivity index (χ4v) is 3.53. The molecule has 1 aliphatic rings. The van der Waals surface area contributed by atoms with Crippen LogP contribution in [0.25, 0.3) is 0 Å². The van der Waals surface area contributed by atoms with Gasteiger partial charge in [-0.25, -0.2) is 4.39 Å². The second kappa shape index (κ2) is 8.77. The van der Waals surface area contributed by atoms with Gasteiger partial charge < -0.3 is 11.1 Å². The summed E-state index contributed by atoms with van der Waals surface area (Å²) in [5, 5.41) is 2.95. The Morgan fingerprint density at radius 2 is 2.00 bits per heavy atom. The molecule has 3 N–H and O–H groups in total.